The van der Waals surface area contributed by atoms with Crippen LogP contribution in [0.3, 0.4) is 0 Å². The smallest absolute Gasteiger partial charge is 0.346 e. The number of esters is 1. The Balaban J connectivity index is 1.52. The van der Waals surface area contributed by atoms with Crippen LogP contribution < -0.4 is 9.47 Å². The fraction of sp³-hybridized carbons (Fsp3) is 0.586. The second-order valence-electron chi connectivity index (χ2n) is 11.9. The minimum absolute atomic E-state index is 0.0904. The Hall–Kier alpha value is -2.68. The fourth-order valence-corrected chi connectivity index (χ4v) is 8.77. The molecule has 8 heteroatoms. The number of Topliss-reactive ketones (excluding diaryl/α,β-unsaturated/α-hetero) is 1. The van der Waals surface area contributed by atoms with Gasteiger partial charge >= 0.3 is 5.97 Å². The summed E-state index contributed by atoms with van der Waals surface area (Å²) in [5.41, 5.74) is -2.31. The molecule has 1 aromatic rings. The number of benzene rings is 1. The second-order valence-corrected chi connectivity index (χ2v) is 11.9. The molecule has 4 aliphatic carbocycles. The summed E-state index contributed by atoms with van der Waals surface area (Å²) in [7, 11) is 2.89. The number of rotatable bonds is 4. The van der Waals surface area contributed by atoms with Crippen LogP contribution >= 0.6 is 0 Å². The molecule has 8 atom stereocenters. The van der Waals surface area contributed by atoms with Crippen molar-refractivity contribution in [3.8, 4) is 11.5 Å². The molecule has 8 nitrogen and oxygen atoms in total. The Kier molecular flexibility index (Phi) is 5.12. The third-order valence-corrected chi connectivity index (χ3v) is 10.1. The number of carbonyl (C=O) groups excluding carboxylic acids is 2. The lowest BCUT2D eigenvalue weighted by atomic mass is 9.37. The molecule has 198 valence electrons. The van der Waals surface area contributed by atoms with E-state index in [9.17, 15) is 19.8 Å². The number of aliphatic hydroxyl groups excluding tert-OH is 1. The van der Waals surface area contributed by atoms with E-state index in [0.717, 1.165) is 6.42 Å². The van der Waals surface area contributed by atoms with E-state index in [2.05, 4.69) is 32.6 Å². The minimum atomic E-state index is -2.22. The van der Waals surface area contributed by atoms with Crippen molar-refractivity contribution in [2.24, 2.45) is 34.0 Å². The quantitative estimate of drug-likeness (QED) is 0.361. The van der Waals surface area contributed by atoms with Gasteiger partial charge in [0, 0.05) is 17.3 Å². The number of aliphatic hydroxyl groups is 2. The van der Waals surface area contributed by atoms with Crippen molar-refractivity contribution in [2.75, 3.05) is 20.8 Å². The van der Waals surface area contributed by atoms with E-state index < -0.39 is 46.6 Å². The zero-order chi connectivity index (χ0) is 26.5. The number of allylic oxidation sites excluding steroid dienone is 1. The van der Waals surface area contributed by atoms with Gasteiger partial charge in [-0.1, -0.05) is 38.6 Å². The predicted molar refractivity (Wildman–Crippen MR) is 132 cm³/mol. The van der Waals surface area contributed by atoms with Crippen LogP contribution in [-0.2, 0) is 14.3 Å². The summed E-state index contributed by atoms with van der Waals surface area (Å²) in [5, 5.41) is 24.1. The number of hydrogen-bond donors (Lipinski definition) is 2. The van der Waals surface area contributed by atoms with Gasteiger partial charge in [-0.15, -0.1) is 0 Å². The molecule has 2 spiro atoms. The summed E-state index contributed by atoms with van der Waals surface area (Å²) in [6.45, 7) is 8.42. The molecule has 2 saturated heterocycles. The maximum atomic E-state index is 14.2. The van der Waals surface area contributed by atoms with Gasteiger partial charge in [0.2, 0.25) is 5.79 Å². The first-order chi connectivity index (χ1) is 17.5. The molecule has 0 amide bonds. The summed E-state index contributed by atoms with van der Waals surface area (Å²) < 4.78 is 23.1. The second kappa shape index (κ2) is 7.68. The molecule has 0 radical (unpaired) electrons. The third kappa shape index (κ3) is 2.69. The minimum Gasteiger partial charge on any atom is -0.496 e. The van der Waals surface area contributed by atoms with Crippen molar-refractivity contribution in [2.45, 2.75) is 51.1 Å². The average molecular weight is 511 g/mol. The molecule has 0 unspecified atom stereocenters. The summed E-state index contributed by atoms with van der Waals surface area (Å²) in [6.07, 6.45) is 3.69. The first kappa shape index (κ1) is 24.6. The van der Waals surface area contributed by atoms with E-state index in [1.165, 1.54) is 14.2 Å². The maximum Gasteiger partial charge on any atom is 0.346 e. The van der Waals surface area contributed by atoms with Gasteiger partial charge in [0.25, 0.3) is 0 Å². The van der Waals surface area contributed by atoms with Gasteiger partial charge in [0.15, 0.2) is 5.78 Å². The van der Waals surface area contributed by atoms with Crippen LogP contribution in [0.2, 0.25) is 0 Å². The molecular weight excluding hydrogens is 476 g/mol. The van der Waals surface area contributed by atoms with Crippen LogP contribution in [0.1, 0.15) is 43.5 Å². The van der Waals surface area contributed by atoms with Gasteiger partial charge < -0.3 is 29.2 Å². The first-order valence-corrected chi connectivity index (χ1v) is 12.9. The Morgan fingerprint density at radius 2 is 1.84 bits per heavy atom. The van der Waals surface area contributed by atoms with E-state index in [-0.39, 0.29) is 40.8 Å². The van der Waals surface area contributed by atoms with Crippen molar-refractivity contribution in [1.82, 2.24) is 0 Å². The van der Waals surface area contributed by atoms with Gasteiger partial charge in [-0.25, -0.2) is 4.79 Å². The van der Waals surface area contributed by atoms with E-state index >= 15 is 0 Å². The van der Waals surface area contributed by atoms with Gasteiger partial charge in [0.1, 0.15) is 34.7 Å². The van der Waals surface area contributed by atoms with Crippen molar-refractivity contribution in [3.63, 3.8) is 0 Å². The van der Waals surface area contributed by atoms with Gasteiger partial charge in [-0.05, 0) is 48.3 Å². The highest BCUT2D eigenvalue weighted by Crippen LogP contribution is 2.76. The monoisotopic (exact) mass is 510 g/mol. The number of hydrogen-bond acceptors (Lipinski definition) is 8. The van der Waals surface area contributed by atoms with Crippen LogP contribution in [0.15, 0.2) is 42.5 Å². The van der Waals surface area contributed by atoms with Crippen LogP contribution in [0, 0.1) is 34.0 Å². The van der Waals surface area contributed by atoms with Gasteiger partial charge in [0.05, 0.1) is 20.8 Å². The SMILES string of the molecule is C=C1C(=O)[C@]23[C@H](OC(=O)c4c(OC)cccc4OC)[C@H]1CC[C@H]2[C@]12C=CCC(C)(C)[C@H]1[C@H](O)[C@]3(O)OC2. The molecule has 3 saturated carbocycles. The molecule has 1 aromatic carbocycles. The zero-order valence-corrected chi connectivity index (χ0v) is 21.7. The van der Waals surface area contributed by atoms with E-state index in [4.69, 9.17) is 18.9 Å². The number of ketones is 1. The van der Waals surface area contributed by atoms with Crippen molar-refractivity contribution < 1.29 is 38.7 Å². The standard InChI is InChI=1S/C29H34O8/c1-15-16-10-11-19-27-13-7-12-26(2,3)21(27)23(31)29(33,36-14-27)28(19,22(15)30)24(16)37-25(32)20-17(34-4)8-6-9-18(20)35-5/h6-9,13,16,19,21,23-24,31,33H,1,10-12,14H2,2-5H3/t16-,19-,21+,23-,24+,27+,28-,29-/m0/s1. The predicted octanol–water partition coefficient (Wildman–Crippen LogP) is 3.06. The Morgan fingerprint density at radius 1 is 1.16 bits per heavy atom. The lowest BCUT2D eigenvalue weighted by Crippen LogP contribution is -2.83. The number of carbonyl (C=O) groups is 2. The summed E-state index contributed by atoms with van der Waals surface area (Å²) in [4.78, 5) is 27.9. The topological polar surface area (TPSA) is 112 Å². The van der Waals surface area contributed by atoms with Gasteiger partial charge in [-0.2, -0.15) is 0 Å². The largest absolute Gasteiger partial charge is 0.496 e. The van der Waals surface area contributed by atoms with Crippen molar-refractivity contribution >= 4 is 11.8 Å². The Morgan fingerprint density at radius 3 is 2.49 bits per heavy atom. The molecular formula is C29H34O8. The lowest BCUT2D eigenvalue weighted by Gasteiger charge is -2.72. The van der Waals surface area contributed by atoms with E-state index in [1.807, 2.05) is 0 Å². The molecule has 2 aliphatic heterocycles. The molecule has 6 aliphatic rings. The highest BCUT2D eigenvalue weighted by atomic mass is 16.6. The van der Waals surface area contributed by atoms with Crippen LogP contribution in [0.25, 0.3) is 0 Å². The van der Waals surface area contributed by atoms with Crippen LogP contribution in [0.5, 0.6) is 11.5 Å². The van der Waals surface area contributed by atoms with Gasteiger partial charge in [-0.3, -0.25) is 4.79 Å². The molecule has 7 rings (SSSR count). The zero-order valence-electron chi connectivity index (χ0n) is 21.7. The highest BCUT2D eigenvalue weighted by molar-refractivity contribution is 6.06. The Labute approximate surface area is 216 Å². The number of methoxy groups -OCH3 is 2. The number of ether oxygens (including phenoxy) is 4. The van der Waals surface area contributed by atoms with Crippen LogP contribution in [0.4, 0.5) is 0 Å². The molecule has 2 N–H and O–H groups in total. The average Bonchev–Trinajstić information content (AvgIpc) is 2.98. The summed E-state index contributed by atoms with van der Waals surface area (Å²) in [5.74, 6) is -4.04. The summed E-state index contributed by atoms with van der Waals surface area (Å²) in [6, 6.07) is 4.95. The highest BCUT2D eigenvalue weighted by Gasteiger charge is 2.86. The fourth-order valence-electron chi connectivity index (χ4n) is 8.77. The van der Waals surface area contributed by atoms with Crippen molar-refractivity contribution in [3.05, 3.63) is 48.1 Å². The molecule has 37 heavy (non-hydrogen) atoms. The normalized spacial score (nSPS) is 42.7. The number of fused-ring (bicyclic) bond motifs is 2. The third-order valence-electron chi connectivity index (χ3n) is 10.1. The first-order valence-electron chi connectivity index (χ1n) is 12.9. The maximum absolute atomic E-state index is 14.2. The molecule has 5 fully saturated rings. The van der Waals surface area contributed by atoms with E-state index in [0.29, 0.717) is 18.4 Å². The molecule has 2 heterocycles. The van der Waals surface area contributed by atoms with Crippen molar-refractivity contribution in [1.29, 1.82) is 0 Å². The lowest BCUT2D eigenvalue weighted by molar-refractivity contribution is -0.436. The van der Waals surface area contributed by atoms with Crippen LogP contribution in [-0.4, -0.2) is 60.8 Å². The molecule has 4 bridgehead atoms. The Bertz CT molecular complexity index is 1210. The molecule has 0 aromatic heterocycles. The summed E-state index contributed by atoms with van der Waals surface area (Å²) >= 11 is 0. The van der Waals surface area contributed by atoms with E-state index in [1.54, 1.807) is 18.2 Å².